The molecule has 1 saturated heterocycles. The molecule has 0 aromatic heterocycles. The maximum atomic E-state index is 3.45. The van der Waals surface area contributed by atoms with Crippen LogP contribution in [0.4, 0.5) is 0 Å². The van der Waals surface area contributed by atoms with Crippen molar-refractivity contribution in [2.75, 3.05) is 26.2 Å². The van der Waals surface area contributed by atoms with Gasteiger partial charge in [-0.3, -0.25) is 4.90 Å². The van der Waals surface area contributed by atoms with Crippen LogP contribution in [0.25, 0.3) is 0 Å². The molecule has 1 aromatic rings. The predicted octanol–water partition coefficient (Wildman–Crippen LogP) is 2.54. The molecule has 3 rings (SSSR count). The second kappa shape index (κ2) is 5.41. The van der Waals surface area contributed by atoms with Crippen molar-refractivity contribution in [3.8, 4) is 0 Å². The Kier molecular flexibility index (Phi) is 3.67. The van der Waals surface area contributed by atoms with Crippen LogP contribution in [0.1, 0.15) is 36.3 Å². The summed E-state index contributed by atoms with van der Waals surface area (Å²) in [5, 5.41) is 3.45. The molecule has 98 valence electrons. The summed E-state index contributed by atoms with van der Waals surface area (Å²) in [6, 6.07) is 9.77. The maximum Gasteiger partial charge on any atom is 0.0110 e. The van der Waals surface area contributed by atoms with Crippen LogP contribution in [0.3, 0.4) is 0 Å². The van der Waals surface area contributed by atoms with E-state index in [1.807, 2.05) is 0 Å². The van der Waals surface area contributed by atoms with Crippen LogP contribution in [0, 0.1) is 6.92 Å². The van der Waals surface area contributed by atoms with Crippen molar-refractivity contribution in [3.05, 3.63) is 35.4 Å². The zero-order valence-corrected chi connectivity index (χ0v) is 11.4. The highest BCUT2D eigenvalue weighted by molar-refractivity contribution is 5.30. The number of nitrogens with one attached hydrogen (secondary N) is 1. The average Bonchev–Trinajstić information content (AvgIpc) is 2.90. The lowest BCUT2D eigenvalue weighted by molar-refractivity contribution is 0.174. The Morgan fingerprint density at radius 3 is 2.67 bits per heavy atom. The van der Waals surface area contributed by atoms with Gasteiger partial charge in [0.05, 0.1) is 0 Å². The second-order valence-electron chi connectivity index (χ2n) is 5.81. The van der Waals surface area contributed by atoms with E-state index in [0.29, 0.717) is 0 Å². The first kappa shape index (κ1) is 12.2. The summed E-state index contributed by atoms with van der Waals surface area (Å²) in [4.78, 5) is 2.70. The van der Waals surface area contributed by atoms with Gasteiger partial charge in [-0.2, -0.15) is 0 Å². The quantitative estimate of drug-likeness (QED) is 0.860. The number of rotatable bonds is 2. The standard InChI is InChI=1S/C16H24N2/c1-13-4-2-3-5-16(13)14-6-7-15(12-14)18-10-8-17-9-11-18/h2-5,14-15,17H,6-12H2,1H3. The van der Waals surface area contributed by atoms with Gasteiger partial charge in [-0.1, -0.05) is 24.3 Å². The highest BCUT2D eigenvalue weighted by Gasteiger charge is 2.30. The molecule has 0 spiro atoms. The molecule has 2 aliphatic rings. The molecule has 1 heterocycles. The number of aryl methyl sites for hydroxylation is 1. The maximum absolute atomic E-state index is 3.45. The molecule has 1 N–H and O–H groups in total. The van der Waals surface area contributed by atoms with Gasteiger partial charge in [0, 0.05) is 32.2 Å². The van der Waals surface area contributed by atoms with Crippen molar-refractivity contribution >= 4 is 0 Å². The van der Waals surface area contributed by atoms with E-state index >= 15 is 0 Å². The van der Waals surface area contributed by atoms with E-state index in [0.717, 1.165) is 12.0 Å². The summed E-state index contributed by atoms with van der Waals surface area (Å²) in [6.07, 6.45) is 4.13. The Balaban J connectivity index is 1.66. The fourth-order valence-corrected chi connectivity index (χ4v) is 3.66. The highest BCUT2D eigenvalue weighted by atomic mass is 15.2. The van der Waals surface area contributed by atoms with E-state index in [9.17, 15) is 0 Å². The summed E-state index contributed by atoms with van der Waals surface area (Å²) < 4.78 is 0. The van der Waals surface area contributed by atoms with Crippen LogP contribution >= 0.6 is 0 Å². The van der Waals surface area contributed by atoms with Crippen molar-refractivity contribution in [3.63, 3.8) is 0 Å². The molecule has 2 atom stereocenters. The molecular formula is C16H24N2. The molecule has 2 heteroatoms. The van der Waals surface area contributed by atoms with E-state index in [4.69, 9.17) is 0 Å². The van der Waals surface area contributed by atoms with Crippen molar-refractivity contribution in [2.45, 2.75) is 38.1 Å². The number of hydrogen-bond acceptors (Lipinski definition) is 2. The predicted molar refractivity (Wildman–Crippen MR) is 76.0 cm³/mol. The molecule has 0 amide bonds. The van der Waals surface area contributed by atoms with Crippen LogP contribution < -0.4 is 5.32 Å². The normalized spacial score (nSPS) is 29.6. The first-order chi connectivity index (χ1) is 8.84. The Morgan fingerprint density at radius 1 is 1.11 bits per heavy atom. The van der Waals surface area contributed by atoms with E-state index in [1.54, 1.807) is 5.56 Å². The molecule has 18 heavy (non-hydrogen) atoms. The number of benzene rings is 1. The van der Waals surface area contributed by atoms with Gasteiger partial charge in [-0.25, -0.2) is 0 Å². The van der Waals surface area contributed by atoms with Crippen molar-refractivity contribution in [1.29, 1.82) is 0 Å². The Bertz CT molecular complexity index is 396. The molecule has 2 nitrogen and oxygen atoms in total. The lowest BCUT2D eigenvalue weighted by Crippen LogP contribution is -2.47. The molecule has 0 bridgehead atoms. The molecule has 1 aromatic carbocycles. The first-order valence-electron chi connectivity index (χ1n) is 7.35. The van der Waals surface area contributed by atoms with E-state index < -0.39 is 0 Å². The first-order valence-corrected chi connectivity index (χ1v) is 7.35. The van der Waals surface area contributed by atoms with E-state index in [2.05, 4.69) is 41.4 Å². The average molecular weight is 244 g/mol. The summed E-state index contributed by atoms with van der Waals surface area (Å²) in [5.41, 5.74) is 3.07. The van der Waals surface area contributed by atoms with E-state index in [1.165, 1.54) is 51.0 Å². The third kappa shape index (κ3) is 2.45. The zero-order valence-electron chi connectivity index (χ0n) is 11.4. The number of hydrogen-bond donors (Lipinski definition) is 1. The van der Waals surface area contributed by atoms with Crippen molar-refractivity contribution in [1.82, 2.24) is 10.2 Å². The van der Waals surface area contributed by atoms with Gasteiger partial charge in [0.15, 0.2) is 0 Å². The minimum atomic E-state index is 0.797. The van der Waals surface area contributed by atoms with Crippen molar-refractivity contribution in [2.24, 2.45) is 0 Å². The van der Waals surface area contributed by atoms with Crippen LogP contribution in [-0.2, 0) is 0 Å². The lowest BCUT2D eigenvalue weighted by Gasteiger charge is -2.32. The molecule has 0 radical (unpaired) electrons. The van der Waals surface area contributed by atoms with Gasteiger partial charge in [-0.15, -0.1) is 0 Å². The smallest absolute Gasteiger partial charge is 0.0110 e. The Hall–Kier alpha value is -0.860. The Labute approximate surface area is 110 Å². The summed E-state index contributed by atoms with van der Waals surface area (Å²) in [7, 11) is 0. The van der Waals surface area contributed by atoms with Crippen LogP contribution in [0.15, 0.2) is 24.3 Å². The zero-order chi connectivity index (χ0) is 12.4. The van der Waals surface area contributed by atoms with Gasteiger partial charge in [0.25, 0.3) is 0 Å². The third-order valence-electron chi connectivity index (χ3n) is 4.70. The minimum absolute atomic E-state index is 0.797. The highest BCUT2D eigenvalue weighted by Crippen LogP contribution is 2.38. The molecule has 1 saturated carbocycles. The van der Waals surface area contributed by atoms with Crippen LogP contribution in [0.2, 0.25) is 0 Å². The van der Waals surface area contributed by atoms with Gasteiger partial charge in [0.2, 0.25) is 0 Å². The third-order valence-corrected chi connectivity index (χ3v) is 4.70. The fourth-order valence-electron chi connectivity index (χ4n) is 3.66. The molecular weight excluding hydrogens is 220 g/mol. The van der Waals surface area contributed by atoms with Crippen LogP contribution in [0.5, 0.6) is 0 Å². The largest absolute Gasteiger partial charge is 0.314 e. The summed E-state index contributed by atoms with van der Waals surface area (Å²) in [5.74, 6) is 0.797. The topological polar surface area (TPSA) is 15.3 Å². The van der Waals surface area contributed by atoms with Gasteiger partial charge < -0.3 is 5.32 Å². The molecule has 2 fully saturated rings. The lowest BCUT2D eigenvalue weighted by atomic mass is 9.93. The Morgan fingerprint density at radius 2 is 1.89 bits per heavy atom. The number of piperazine rings is 1. The van der Waals surface area contributed by atoms with Gasteiger partial charge in [-0.05, 0) is 43.2 Å². The van der Waals surface area contributed by atoms with Crippen LogP contribution in [-0.4, -0.2) is 37.1 Å². The van der Waals surface area contributed by atoms with Gasteiger partial charge in [0.1, 0.15) is 0 Å². The second-order valence-corrected chi connectivity index (χ2v) is 5.81. The summed E-state index contributed by atoms with van der Waals surface area (Å²) in [6.45, 7) is 7.08. The minimum Gasteiger partial charge on any atom is -0.314 e. The SMILES string of the molecule is Cc1ccccc1C1CCC(N2CCNCC2)C1. The molecule has 1 aliphatic heterocycles. The van der Waals surface area contributed by atoms with Crippen molar-refractivity contribution < 1.29 is 0 Å². The fraction of sp³-hybridized carbons (Fsp3) is 0.625. The molecule has 2 unspecified atom stereocenters. The monoisotopic (exact) mass is 244 g/mol. The molecule has 1 aliphatic carbocycles. The summed E-state index contributed by atoms with van der Waals surface area (Å²) >= 11 is 0. The number of nitrogens with zero attached hydrogens (tertiary/aromatic N) is 1. The van der Waals surface area contributed by atoms with Gasteiger partial charge >= 0.3 is 0 Å². The van der Waals surface area contributed by atoms with E-state index in [-0.39, 0.29) is 0 Å².